The number of rotatable bonds is 6. The second kappa shape index (κ2) is 8.79. The van der Waals surface area contributed by atoms with E-state index in [1.54, 1.807) is 13.2 Å². The first-order valence-corrected chi connectivity index (χ1v) is 10.7. The number of alkyl halides is 3. The molecule has 0 saturated carbocycles. The molecule has 1 aliphatic rings. The molecule has 0 fully saturated rings. The number of H-pyrrole nitrogens is 1. The van der Waals surface area contributed by atoms with E-state index in [-0.39, 0.29) is 6.61 Å². The Bertz CT molecular complexity index is 1320. The Balaban J connectivity index is 1.23. The van der Waals surface area contributed by atoms with Crippen LogP contribution in [0, 0.1) is 0 Å². The summed E-state index contributed by atoms with van der Waals surface area (Å²) < 4.78 is 50.1. The van der Waals surface area contributed by atoms with Crippen LogP contribution >= 0.6 is 0 Å². The second-order valence-electron chi connectivity index (χ2n) is 8.12. The van der Waals surface area contributed by atoms with E-state index in [2.05, 4.69) is 25.9 Å². The lowest BCUT2D eigenvalue weighted by atomic mass is 10.0. The first kappa shape index (κ1) is 22.5. The molecular weight excluding hydrogens is 459 g/mol. The quantitative estimate of drug-likeness (QED) is 0.393. The van der Waals surface area contributed by atoms with Gasteiger partial charge in [-0.05, 0) is 52.7 Å². The molecule has 10 heteroatoms. The standard InChI is InChI=1S/C25H20F3N5O2/c1-24(19-8-10-20(11-9-19)25(26,27)28)29-22(14-35-24)18-4-2-16(3-5-18)17-6-12-21(13-7-17)34-15-23-30-32-33-31-23/h2-14,29H,15H2,1H3,(H,30,31,32,33). The molecule has 3 aromatic carbocycles. The van der Waals surface area contributed by atoms with E-state index in [4.69, 9.17) is 9.47 Å². The molecule has 0 bridgehead atoms. The summed E-state index contributed by atoms with van der Waals surface area (Å²) >= 11 is 0. The van der Waals surface area contributed by atoms with Gasteiger partial charge in [-0.25, -0.2) is 5.10 Å². The number of aromatic nitrogens is 4. The molecule has 1 unspecified atom stereocenters. The Labute approximate surface area is 198 Å². The predicted octanol–water partition coefficient (Wildman–Crippen LogP) is 5.26. The smallest absolute Gasteiger partial charge is 0.416 e. The summed E-state index contributed by atoms with van der Waals surface area (Å²) in [5.74, 6) is 1.24. The lowest BCUT2D eigenvalue weighted by Gasteiger charge is -2.26. The van der Waals surface area contributed by atoms with E-state index in [9.17, 15) is 13.2 Å². The fourth-order valence-corrected chi connectivity index (χ4v) is 3.73. The summed E-state index contributed by atoms with van der Waals surface area (Å²) in [6.45, 7) is 2.02. The van der Waals surface area contributed by atoms with E-state index < -0.39 is 17.5 Å². The number of ether oxygens (including phenoxy) is 2. The van der Waals surface area contributed by atoms with Crippen molar-refractivity contribution < 1.29 is 22.6 Å². The van der Waals surface area contributed by atoms with Crippen LogP contribution < -0.4 is 10.1 Å². The van der Waals surface area contributed by atoms with Gasteiger partial charge in [0.25, 0.3) is 0 Å². The lowest BCUT2D eigenvalue weighted by molar-refractivity contribution is -0.137. The van der Waals surface area contributed by atoms with E-state index in [0.717, 1.165) is 34.5 Å². The van der Waals surface area contributed by atoms with Crippen molar-refractivity contribution in [3.8, 4) is 16.9 Å². The molecule has 178 valence electrons. The Kier molecular flexibility index (Phi) is 5.64. The predicted molar refractivity (Wildman–Crippen MR) is 121 cm³/mol. The van der Waals surface area contributed by atoms with Crippen LogP contribution in [0.25, 0.3) is 16.8 Å². The molecule has 0 saturated heterocycles. The summed E-state index contributed by atoms with van der Waals surface area (Å²) in [6, 6.07) is 20.5. The highest BCUT2D eigenvalue weighted by Gasteiger charge is 2.35. The Morgan fingerprint density at radius 3 is 2.11 bits per heavy atom. The number of nitrogens with one attached hydrogen (secondary N) is 2. The van der Waals surface area contributed by atoms with Crippen molar-refractivity contribution in [1.82, 2.24) is 25.9 Å². The highest BCUT2D eigenvalue weighted by Crippen LogP contribution is 2.35. The summed E-state index contributed by atoms with van der Waals surface area (Å²) in [6.07, 6.45) is -2.79. The minimum Gasteiger partial charge on any atom is -0.486 e. The zero-order valence-electron chi connectivity index (χ0n) is 18.5. The van der Waals surface area contributed by atoms with E-state index >= 15 is 0 Å². The maximum Gasteiger partial charge on any atom is 0.416 e. The average Bonchev–Trinajstić information content (AvgIpc) is 3.53. The summed E-state index contributed by atoms with van der Waals surface area (Å²) in [5, 5.41) is 16.7. The van der Waals surface area contributed by atoms with E-state index in [1.807, 2.05) is 48.5 Å². The van der Waals surface area contributed by atoms with Crippen molar-refractivity contribution in [1.29, 1.82) is 0 Å². The monoisotopic (exact) mass is 479 g/mol. The van der Waals surface area contributed by atoms with Gasteiger partial charge in [0.15, 0.2) is 5.82 Å². The van der Waals surface area contributed by atoms with Crippen LogP contribution in [0.1, 0.15) is 29.4 Å². The molecule has 0 amide bonds. The highest BCUT2D eigenvalue weighted by molar-refractivity contribution is 5.70. The molecule has 4 aromatic rings. The van der Waals surface area contributed by atoms with Gasteiger partial charge in [0, 0.05) is 11.1 Å². The van der Waals surface area contributed by atoms with E-state index in [0.29, 0.717) is 17.1 Å². The molecule has 2 N–H and O–H groups in total. The highest BCUT2D eigenvalue weighted by atomic mass is 19.4. The molecule has 0 spiro atoms. The van der Waals surface area contributed by atoms with Crippen LogP contribution in [0.3, 0.4) is 0 Å². The third kappa shape index (κ3) is 4.81. The van der Waals surface area contributed by atoms with Crippen LogP contribution in [-0.2, 0) is 23.2 Å². The Hall–Kier alpha value is -4.34. The van der Waals surface area contributed by atoms with Crippen LogP contribution in [0.4, 0.5) is 13.2 Å². The molecule has 0 aliphatic carbocycles. The Morgan fingerprint density at radius 2 is 1.51 bits per heavy atom. The summed E-state index contributed by atoms with van der Waals surface area (Å²) in [4.78, 5) is 0. The zero-order valence-corrected chi connectivity index (χ0v) is 18.5. The van der Waals surface area contributed by atoms with Gasteiger partial charge in [-0.15, -0.1) is 5.10 Å². The molecule has 1 aromatic heterocycles. The summed E-state index contributed by atoms with van der Waals surface area (Å²) in [7, 11) is 0. The lowest BCUT2D eigenvalue weighted by Crippen LogP contribution is -2.35. The molecule has 7 nitrogen and oxygen atoms in total. The minimum absolute atomic E-state index is 0.247. The molecule has 1 atom stereocenters. The number of aromatic amines is 1. The number of benzene rings is 3. The third-order valence-electron chi connectivity index (χ3n) is 5.70. The maximum absolute atomic E-state index is 12.9. The number of hydrogen-bond acceptors (Lipinski definition) is 6. The first-order chi connectivity index (χ1) is 16.8. The van der Waals surface area contributed by atoms with Crippen LogP contribution in [-0.4, -0.2) is 20.6 Å². The third-order valence-corrected chi connectivity index (χ3v) is 5.70. The number of halogens is 3. The number of nitrogens with zero attached hydrogens (tertiary/aromatic N) is 3. The molecule has 35 heavy (non-hydrogen) atoms. The fourth-order valence-electron chi connectivity index (χ4n) is 3.73. The van der Waals surface area contributed by atoms with E-state index in [1.165, 1.54) is 12.1 Å². The minimum atomic E-state index is -4.38. The number of hydrogen-bond donors (Lipinski definition) is 2. The van der Waals surface area contributed by atoms with Gasteiger partial charge in [-0.2, -0.15) is 13.2 Å². The van der Waals surface area contributed by atoms with Gasteiger partial charge >= 0.3 is 6.18 Å². The van der Waals surface area contributed by atoms with Crippen molar-refractivity contribution in [2.24, 2.45) is 0 Å². The van der Waals surface area contributed by atoms with Gasteiger partial charge in [0.2, 0.25) is 5.72 Å². The van der Waals surface area contributed by atoms with Gasteiger partial charge < -0.3 is 14.8 Å². The van der Waals surface area contributed by atoms with Gasteiger partial charge in [-0.1, -0.05) is 48.5 Å². The topological polar surface area (TPSA) is 85.0 Å². The van der Waals surface area contributed by atoms with Crippen molar-refractivity contribution in [2.45, 2.75) is 25.4 Å². The van der Waals surface area contributed by atoms with Crippen molar-refractivity contribution in [2.75, 3.05) is 0 Å². The SMILES string of the molecule is CC1(c2ccc(C(F)(F)F)cc2)NC(c2ccc(-c3ccc(OCc4nnn[nH]4)cc3)cc2)=CO1. The molecular formula is C25H20F3N5O2. The molecule has 1 aliphatic heterocycles. The largest absolute Gasteiger partial charge is 0.486 e. The normalized spacial score (nSPS) is 17.4. The average molecular weight is 479 g/mol. The van der Waals surface area contributed by atoms with Crippen LogP contribution in [0.15, 0.2) is 79.1 Å². The fraction of sp³-hybridized carbons (Fsp3) is 0.160. The van der Waals surface area contributed by atoms with Crippen molar-refractivity contribution in [3.05, 3.63) is 102 Å². The van der Waals surface area contributed by atoms with Gasteiger partial charge in [0.1, 0.15) is 18.6 Å². The zero-order chi connectivity index (χ0) is 24.5. The number of tetrazole rings is 1. The summed E-state index contributed by atoms with van der Waals surface area (Å²) in [5.41, 5.74) is 2.60. The van der Waals surface area contributed by atoms with Crippen molar-refractivity contribution in [3.63, 3.8) is 0 Å². The van der Waals surface area contributed by atoms with Crippen LogP contribution in [0.2, 0.25) is 0 Å². The molecule has 5 rings (SSSR count). The molecule has 0 radical (unpaired) electrons. The van der Waals surface area contributed by atoms with Crippen LogP contribution in [0.5, 0.6) is 5.75 Å². The van der Waals surface area contributed by atoms with Gasteiger partial charge in [0.05, 0.1) is 11.3 Å². The van der Waals surface area contributed by atoms with Gasteiger partial charge in [-0.3, -0.25) is 0 Å². The Morgan fingerprint density at radius 1 is 0.886 bits per heavy atom. The van der Waals surface area contributed by atoms with Crippen molar-refractivity contribution >= 4 is 5.70 Å². The maximum atomic E-state index is 12.9. The first-order valence-electron chi connectivity index (χ1n) is 10.7. The molecule has 2 heterocycles. The second-order valence-corrected chi connectivity index (χ2v) is 8.12.